The monoisotopic (exact) mass is 635 g/mol. The molecule has 4 aromatic carbocycles. The van der Waals surface area contributed by atoms with Crippen molar-refractivity contribution in [1.29, 1.82) is 0 Å². The van der Waals surface area contributed by atoms with E-state index < -0.39 is 29.5 Å². The van der Waals surface area contributed by atoms with Crippen LogP contribution in [0.25, 0.3) is 6.08 Å². The molecule has 0 aliphatic heterocycles. The van der Waals surface area contributed by atoms with E-state index in [1.165, 1.54) is 44.2 Å². The second-order valence-corrected chi connectivity index (χ2v) is 10.4. The lowest BCUT2D eigenvalue weighted by Crippen LogP contribution is -2.30. The van der Waals surface area contributed by atoms with Crippen molar-refractivity contribution < 1.29 is 37.0 Å². The van der Waals surface area contributed by atoms with E-state index in [1.807, 2.05) is 0 Å². The zero-order valence-electron chi connectivity index (χ0n) is 24.1. The van der Waals surface area contributed by atoms with Crippen LogP contribution < -0.4 is 25.4 Å². The molecule has 0 saturated heterocycles. The van der Waals surface area contributed by atoms with Crippen molar-refractivity contribution in [3.05, 3.63) is 119 Å². The number of para-hydroxylation sites is 1. The fourth-order valence-corrected chi connectivity index (χ4v) is 4.77. The van der Waals surface area contributed by atoms with Crippen molar-refractivity contribution >= 4 is 46.9 Å². The van der Waals surface area contributed by atoms with Gasteiger partial charge < -0.3 is 25.4 Å². The molecule has 4 aromatic rings. The number of halogens is 3. The van der Waals surface area contributed by atoms with Gasteiger partial charge in [-0.15, -0.1) is 11.8 Å². The molecular formula is C33H28F3N3O5S. The number of carbonyl (C=O) groups is 3. The van der Waals surface area contributed by atoms with E-state index in [9.17, 15) is 27.6 Å². The predicted octanol–water partition coefficient (Wildman–Crippen LogP) is 6.86. The van der Waals surface area contributed by atoms with Crippen molar-refractivity contribution in [3.63, 3.8) is 0 Å². The Labute approximate surface area is 261 Å². The minimum absolute atomic E-state index is 0.0447. The minimum atomic E-state index is -4.52. The van der Waals surface area contributed by atoms with E-state index in [-0.39, 0.29) is 17.1 Å². The SMILES string of the molecule is COc1cccc(/C=C(\NC(=O)c2ccccc2)C(=O)Nc2ccc(SCC(=O)Nc3cccc(C(F)(F)F)c3)cc2)c1OC. The van der Waals surface area contributed by atoms with E-state index in [2.05, 4.69) is 16.0 Å². The highest BCUT2D eigenvalue weighted by Crippen LogP contribution is 2.33. The van der Waals surface area contributed by atoms with Crippen LogP contribution >= 0.6 is 11.8 Å². The molecule has 0 spiro atoms. The van der Waals surface area contributed by atoms with Gasteiger partial charge in [0, 0.05) is 27.4 Å². The molecule has 12 heteroatoms. The first kappa shape index (κ1) is 32.7. The lowest BCUT2D eigenvalue weighted by Gasteiger charge is -2.14. The summed E-state index contributed by atoms with van der Waals surface area (Å²) in [5.41, 5.74) is 0.391. The van der Waals surface area contributed by atoms with Gasteiger partial charge in [-0.2, -0.15) is 13.2 Å². The second kappa shape index (κ2) is 15.0. The lowest BCUT2D eigenvalue weighted by molar-refractivity contribution is -0.137. The molecule has 45 heavy (non-hydrogen) atoms. The molecule has 0 heterocycles. The van der Waals surface area contributed by atoms with Crippen LogP contribution in [0.1, 0.15) is 21.5 Å². The van der Waals surface area contributed by atoms with E-state index in [0.717, 1.165) is 12.1 Å². The number of rotatable bonds is 11. The highest BCUT2D eigenvalue weighted by atomic mass is 32.2. The van der Waals surface area contributed by atoms with Gasteiger partial charge in [-0.1, -0.05) is 36.4 Å². The van der Waals surface area contributed by atoms with Crippen molar-refractivity contribution in [2.24, 2.45) is 0 Å². The number of hydrogen-bond acceptors (Lipinski definition) is 6. The molecule has 0 aliphatic carbocycles. The first-order valence-corrected chi connectivity index (χ1v) is 14.4. The van der Waals surface area contributed by atoms with Crippen LogP contribution in [0.2, 0.25) is 0 Å². The standard InChI is InChI=1S/C33H28F3N3O5S/c1-43-28-13-6-10-22(30(28)44-2)18-27(39-31(41)21-8-4-3-5-9-21)32(42)38-24-14-16-26(17-15-24)45-20-29(40)37-25-12-7-11-23(19-25)33(34,35)36/h3-19H,20H2,1-2H3,(H,37,40)(H,38,42)(H,39,41)/b27-18-. The van der Waals surface area contributed by atoms with E-state index >= 15 is 0 Å². The Morgan fingerprint density at radius 2 is 1.51 bits per heavy atom. The molecule has 0 radical (unpaired) electrons. The molecule has 3 N–H and O–H groups in total. The zero-order valence-corrected chi connectivity index (χ0v) is 24.9. The molecular weight excluding hydrogens is 607 g/mol. The summed E-state index contributed by atoms with van der Waals surface area (Å²) in [6, 6.07) is 24.5. The van der Waals surface area contributed by atoms with Gasteiger partial charge in [-0.05, 0) is 66.7 Å². The lowest BCUT2D eigenvalue weighted by atomic mass is 10.1. The number of thioether (sulfide) groups is 1. The maximum atomic E-state index is 13.4. The highest BCUT2D eigenvalue weighted by Gasteiger charge is 2.30. The molecule has 0 atom stereocenters. The van der Waals surface area contributed by atoms with E-state index in [0.29, 0.717) is 33.2 Å². The van der Waals surface area contributed by atoms with Crippen LogP contribution in [-0.4, -0.2) is 37.7 Å². The summed E-state index contributed by atoms with van der Waals surface area (Å²) in [7, 11) is 2.95. The number of ether oxygens (including phenoxy) is 2. The Morgan fingerprint density at radius 1 is 0.800 bits per heavy atom. The Morgan fingerprint density at radius 3 is 2.18 bits per heavy atom. The van der Waals surface area contributed by atoms with E-state index in [1.54, 1.807) is 72.8 Å². The largest absolute Gasteiger partial charge is 0.493 e. The van der Waals surface area contributed by atoms with Crippen molar-refractivity contribution in [1.82, 2.24) is 5.32 Å². The van der Waals surface area contributed by atoms with Crippen LogP contribution in [0.15, 0.2) is 108 Å². The zero-order chi connectivity index (χ0) is 32.4. The number of carbonyl (C=O) groups excluding carboxylic acids is 3. The smallest absolute Gasteiger partial charge is 0.416 e. The Bertz CT molecular complexity index is 1690. The van der Waals surface area contributed by atoms with Gasteiger partial charge in [-0.25, -0.2) is 0 Å². The molecule has 232 valence electrons. The summed E-state index contributed by atoms with van der Waals surface area (Å²) < 4.78 is 49.6. The van der Waals surface area contributed by atoms with Crippen molar-refractivity contribution in [2.75, 3.05) is 30.6 Å². The molecule has 8 nitrogen and oxygen atoms in total. The summed E-state index contributed by atoms with van der Waals surface area (Å²) in [5.74, 6) is -0.815. The fraction of sp³-hybridized carbons (Fsp3) is 0.121. The summed E-state index contributed by atoms with van der Waals surface area (Å²) in [6.07, 6.45) is -3.04. The van der Waals surface area contributed by atoms with Gasteiger partial charge in [0.05, 0.1) is 25.5 Å². The van der Waals surface area contributed by atoms with Gasteiger partial charge >= 0.3 is 6.18 Å². The van der Waals surface area contributed by atoms with Crippen LogP contribution in [0.4, 0.5) is 24.5 Å². The third-order valence-corrected chi connectivity index (χ3v) is 7.23. The first-order valence-electron chi connectivity index (χ1n) is 13.4. The Hall–Kier alpha value is -5.23. The Kier molecular flexibility index (Phi) is 10.9. The van der Waals surface area contributed by atoms with E-state index in [4.69, 9.17) is 9.47 Å². The molecule has 0 aliphatic rings. The second-order valence-electron chi connectivity index (χ2n) is 9.35. The molecule has 3 amide bonds. The van der Waals surface area contributed by atoms with Crippen LogP contribution in [0.5, 0.6) is 11.5 Å². The third-order valence-electron chi connectivity index (χ3n) is 6.22. The summed E-state index contributed by atoms with van der Waals surface area (Å²) in [5, 5.41) is 7.88. The van der Waals surface area contributed by atoms with Crippen molar-refractivity contribution in [3.8, 4) is 11.5 Å². The van der Waals surface area contributed by atoms with Crippen LogP contribution in [0, 0.1) is 0 Å². The number of alkyl halides is 3. The maximum absolute atomic E-state index is 13.4. The third kappa shape index (κ3) is 9.13. The minimum Gasteiger partial charge on any atom is -0.493 e. The quantitative estimate of drug-likeness (QED) is 0.123. The number of benzene rings is 4. The molecule has 0 bridgehead atoms. The number of amides is 3. The number of nitrogens with one attached hydrogen (secondary N) is 3. The van der Waals surface area contributed by atoms with Gasteiger partial charge in [-0.3, -0.25) is 14.4 Å². The van der Waals surface area contributed by atoms with Gasteiger partial charge in [0.2, 0.25) is 5.91 Å². The summed E-state index contributed by atoms with van der Waals surface area (Å²) in [4.78, 5) is 39.4. The average molecular weight is 636 g/mol. The maximum Gasteiger partial charge on any atom is 0.416 e. The fourth-order valence-electron chi connectivity index (χ4n) is 4.08. The van der Waals surface area contributed by atoms with Crippen LogP contribution in [-0.2, 0) is 15.8 Å². The topological polar surface area (TPSA) is 106 Å². The molecule has 0 unspecified atom stereocenters. The molecule has 0 aromatic heterocycles. The van der Waals surface area contributed by atoms with Crippen molar-refractivity contribution in [2.45, 2.75) is 11.1 Å². The first-order chi connectivity index (χ1) is 21.6. The van der Waals surface area contributed by atoms with Gasteiger partial charge in [0.1, 0.15) is 5.70 Å². The average Bonchev–Trinajstić information content (AvgIpc) is 3.04. The highest BCUT2D eigenvalue weighted by molar-refractivity contribution is 8.00. The number of hydrogen-bond donors (Lipinski definition) is 3. The summed E-state index contributed by atoms with van der Waals surface area (Å²) in [6.45, 7) is 0. The predicted molar refractivity (Wildman–Crippen MR) is 167 cm³/mol. The van der Waals surface area contributed by atoms with Gasteiger partial charge in [0.25, 0.3) is 11.8 Å². The molecule has 4 rings (SSSR count). The van der Waals surface area contributed by atoms with Crippen LogP contribution in [0.3, 0.4) is 0 Å². The molecule has 0 saturated carbocycles. The number of methoxy groups -OCH3 is 2. The molecule has 0 fully saturated rings. The summed E-state index contributed by atoms with van der Waals surface area (Å²) >= 11 is 1.17. The Balaban J connectivity index is 1.45. The van der Waals surface area contributed by atoms with Gasteiger partial charge in [0.15, 0.2) is 11.5 Å². The number of anilines is 2. The normalized spacial score (nSPS) is 11.4.